The van der Waals surface area contributed by atoms with Crippen molar-refractivity contribution in [3.05, 3.63) is 11.4 Å². The second-order valence-corrected chi connectivity index (χ2v) is 5.77. The van der Waals surface area contributed by atoms with E-state index in [9.17, 15) is 0 Å². The van der Waals surface area contributed by atoms with E-state index in [-0.39, 0.29) is 23.5 Å². The summed E-state index contributed by atoms with van der Waals surface area (Å²) in [7, 11) is 0. The zero-order valence-electron chi connectivity index (χ0n) is 6.28. The van der Waals surface area contributed by atoms with Crippen LogP contribution < -0.4 is 0 Å². The minimum absolute atomic E-state index is 0.151. The standard InChI is InChI=1S/C7H10N.CH3.Au/c1-8-7-5-3-2-4-6-7;;/h2-6H2;1H3;/q;;+1. The molecule has 0 aromatic heterocycles. The van der Waals surface area contributed by atoms with E-state index in [4.69, 9.17) is 6.57 Å². The number of nitrogens with zero attached hydrogens (tertiary/aromatic N) is 1. The quantitative estimate of drug-likeness (QED) is 0.517. The van der Waals surface area contributed by atoms with Crippen molar-refractivity contribution >= 4 is 0 Å². The molecule has 1 saturated carbocycles. The van der Waals surface area contributed by atoms with Crippen molar-refractivity contribution in [2.45, 2.75) is 41.0 Å². The van der Waals surface area contributed by atoms with Gasteiger partial charge in [-0.25, -0.2) is 0 Å². The van der Waals surface area contributed by atoms with Crippen LogP contribution in [0, 0.1) is 6.57 Å². The van der Waals surface area contributed by atoms with Crippen LogP contribution in [-0.4, -0.2) is 3.76 Å². The average Bonchev–Trinajstić information content (AvgIpc) is 2.06. The van der Waals surface area contributed by atoms with Crippen molar-refractivity contribution in [3.63, 3.8) is 0 Å². The second kappa shape index (κ2) is 3.57. The molecule has 0 aromatic rings. The van der Waals surface area contributed by atoms with Gasteiger partial charge in [-0.05, 0) is 0 Å². The summed E-state index contributed by atoms with van der Waals surface area (Å²) in [5.74, 6) is 0. The van der Waals surface area contributed by atoms with Gasteiger partial charge >= 0.3 is 72.2 Å². The Balaban J connectivity index is 2.55. The van der Waals surface area contributed by atoms with Crippen molar-refractivity contribution in [3.8, 4) is 0 Å². The summed E-state index contributed by atoms with van der Waals surface area (Å²) in [6.07, 6.45) is 6.33. The van der Waals surface area contributed by atoms with Gasteiger partial charge in [0.25, 0.3) is 0 Å². The molecule has 0 heterocycles. The van der Waals surface area contributed by atoms with Gasteiger partial charge in [0.05, 0.1) is 0 Å². The molecule has 10 heavy (non-hydrogen) atoms. The van der Waals surface area contributed by atoms with E-state index in [1.807, 2.05) is 0 Å². The Hall–Kier alpha value is 0.230. The van der Waals surface area contributed by atoms with Crippen molar-refractivity contribution in [1.82, 2.24) is 0 Å². The van der Waals surface area contributed by atoms with Gasteiger partial charge in [-0.2, -0.15) is 0 Å². The molecule has 0 spiro atoms. The van der Waals surface area contributed by atoms with E-state index in [0.29, 0.717) is 0 Å². The Labute approximate surface area is 72.3 Å². The van der Waals surface area contributed by atoms with Crippen LogP contribution in [0.15, 0.2) is 0 Å². The van der Waals surface area contributed by atoms with Gasteiger partial charge in [-0.15, -0.1) is 0 Å². The molecular weight excluding hydrogens is 307 g/mol. The van der Waals surface area contributed by atoms with E-state index < -0.39 is 0 Å². The molecule has 1 fully saturated rings. The van der Waals surface area contributed by atoms with Crippen LogP contribution in [0.5, 0.6) is 0 Å². The third kappa shape index (κ3) is 1.63. The summed E-state index contributed by atoms with van der Waals surface area (Å²) in [6, 6.07) is 0. The molecule has 0 atom stereocenters. The van der Waals surface area contributed by atoms with Crippen molar-refractivity contribution in [2.24, 2.45) is 0 Å². The molecule has 0 aromatic carbocycles. The first kappa shape index (κ1) is 8.33. The van der Waals surface area contributed by atoms with Crippen LogP contribution in [-0.2, 0) is 19.8 Å². The molecule has 0 radical (unpaired) electrons. The fourth-order valence-electron chi connectivity index (χ4n) is 1.36. The summed E-state index contributed by atoms with van der Waals surface area (Å²) >= 11 is 0.251. The van der Waals surface area contributed by atoms with Gasteiger partial charge in [0.15, 0.2) is 0 Å². The molecule has 1 aliphatic rings. The van der Waals surface area contributed by atoms with E-state index in [2.05, 4.69) is 9.99 Å². The van der Waals surface area contributed by atoms with Gasteiger partial charge in [-0.3, -0.25) is 0 Å². The zero-order chi connectivity index (χ0) is 7.45. The Kier molecular flexibility index (Phi) is 2.97. The zero-order valence-corrected chi connectivity index (χ0v) is 8.45. The minimum atomic E-state index is 0.151. The molecule has 1 rings (SSSR count). The van der Waals surface area contributed by atoms with Crippen LogP contribution in [0.3, 0.4) is 0 Å². The van der Waals surface area contributed by atoms with Crippen LogP contribution >= 0.6 is 0 Å². The van der Waals surface area contributed by atoms with Gasteiger partial charge in [0.1, 0.15) is 0 Å². The second-order valence-electron chi connectivity index (χ2n) is 2.67. The molecule has 0 aliphatic heterocycles. The number of hydrogen-bond donors (Lipinski definition) is 0. The summed E-state index contributed by atoms with van der Waals surface area (Å²) in [5, 5.41) is 2.24. The molecule has 1 aliphatic carbocycles. The molecule has 0 amide bonds. The first-order valence-corrected chi connectivity index (χ1v) is 6.86. The molecule has 1 nitrogen and oxygen atoms in total. The first-order valence-electron chi connectivity index (χ1n) is 3.61. The van der Waals surface area contributed by atoms with Crippen molar-refractivity contribution < 1.29 is 19.8 Å². The summed E-state index contributed by atoms with van der Waals surface area (Å²) < 4.78 is 0.151. The van der Waals surface area contributed by atoms with E-state index in [0.717, 1.165) is 0 Å². The topological polar surface area (TPSA) is 4.36 Å². The number of rotatable bonds is 1. The van der Waals surface area contributed by atoms with Crippen LogP contribution in [0.25, 0.3) is 4.85 Å². The van der Waals surface area contributed by atoms with Gasteiger partial charge < -0.3 is 0 Å². The number of hydrogen-bond acceptors (Lipinski definition) is 0. The molecule has 60 valence electrons. The van der Waals surface area contributed by atoms with Gasteiger partial charge in [0.2, 0.25) is 0 Å². The van der Waals surface area contributed by atoms with Crippen LogP contribution in [0.1, 0.15) is 32.1 Å². The Morgan fingerprint density at radius 1 is 1.30 bits per heavy atom. The predicted molar refractivity (Wildman–Crippen MR) is 38.3 cm³/mol. The molecule has 0 bridgehead atoms. The first-order chi connectivity index (χ1) is 4.83. The van der Waals surface area contributed by atoms with Crippen LogP contribution in [0.4, 0.5) is 0 Å². The third-order valence-corrected chi connectivity index (χ3v) is 5.40. The summed E-state index contributed by atoms with van der Waals surface area (Å²) in [4.78, 5) is 3.79. The predicted octanol–water partition coefficient (Wildman–Crippen LogP) is 2.70. The fourth-order valence-corrected chi connectivity index (χ4v) is 3.45. The third-order valence-electron chi connectivity index (χ3n) is 2.05. The normalized spacial score (nSPS) is 24.0. The summed E-state index contributed by atoms with van der Waals surface area (Å²) in [5.41, 5.74) is 0. The fraction of sp³-hybridized carbons (Fsp3) is 0.875. The van der Waals surface area contributed by atoms with E-state index >= 15 is 0 Å². The molecular formula is C8H13AuN+. The molecule has 0 saturated heterocycles. The van der Waals surface area contributed by atoms with Gasteiger partial charge in [-0.1, -0.05) is 0 Å². The Bertz CT molecular complexity index is 142. The summed E-state index contributed by atoms with van der Waals surface area (Å²) in [6.45, 7) is 7.09. The van der Waals surface area contributed by atoms with Crippen molar-refractivity contribution in [2.75, 3.05) is 0 Å². The van der Waals surface area contributed by atoms with Gasteiger partial charge in [0, 0.05) is 0 Å². The molecule has 2 heteroatoms. The molecule has 0 unspecified atom stereocenters. The SMILES string of the molecule is [C-]#[N+][C]1([Au+][CH3])CCCCC1. The van der Waals surface area contributed by atoms with E-state index in [1.165, 1.54) is 32.1 Å². The Morgan fingerprint density at radius 3 is 2.20 bits per heavy atom. The molecule has 0 N–H and O–H groups in total. The maximum absolute atomic E-state index is 7.09. The monoisotopic (exact) mass is 320 g/mol. The maximum atomic E-state index is 7.09. The Morgan fingerprint density at radius 2 is 1.90 bits per heavy atom. The average molecular weight is 320 g/mol. The van der Waals surface area contributed by atoms with Crippen molar-refractivity contribution in [1.29, 1.82) is 0 Å². The van der Waals surface area contributed by atoms with E-state index in [1.54, 1.807) is 0 Å². The van der Waals surface area contributed by atoms with Crippen LogP contribution in [0.2, 0.25) is 5.14 Å².